The number of hydrogen-bond donors (Lipinski definition) is 2. The molecule has 11 nitrogen and oxygen atoms in total. The number of sulfonamides is 1. The van der Waals surface area contributed by atoms with Crippen LogP contribution in [0.25, 0.3) is 11.3 Å². The first-order valence-electron chi connectivity index (χ1n) is 15.4. The number of pyridine rings is 1. The van der Waals surface area contributed by atoms with E-state index in [-0.39, 0.29) is 31.7 Å². The number of piperazine rings is 1. The van der Waals surface area contributed by atoms with E-state index in [1.807, 2.05) is 12.1 Å². The first kappa shape index (κ1) is 34.5. The van der Waals surface area contributed by atoms with Crippen molar-refractivity contribution in [2.45, 2.75) is 52.2 Å². The van der Waals surface area contributed by atoms with Gasteiger partial charge in [0, 0.05) is 99.8 Å². The van der Waals surface area contributed by atoms with Crippen molar-refractivity contribution in [2.24, 2.45) is 0 Å². The summed E-state index contributed by atoms with van der Waals surface area (Å²) in [5, 5.41) is 18.4. The van der Waals surface area contributed by atoms with E-state index in [0.29, 0.717) is 35.4 Å². The molecule has 0 radical (unpaired) electrons. The third-order valence-corrected chi connectivity index (χ3v) is 9.63. The Labute approximate surface area is 272 Å². The molecule has 0 saturated carbocycles. The van der Waals surface area contributed by atoms with Crippen LogP contribution >= 0.6 is 0 Å². The van der Waals surface area contributed by atoms with Crippen LogP contribution in [0.2, 0.25) is 0 Å². The number of aliphatic hydroxyl groups excluding tert-OH is 1. The summed E-state index contributed by atoms with van der Waals surface area (Å²) < 4.78 is 69.8. The van der Waals surface area contributed by atoms with Gasteiger partial charge in [-0.1, -0.05) is 11.6 Å². The number of amides is 1. The van der Waals surface area contributed by atoms with Crippen LogP contribution in [0.3, 0.4) is 0 Å². The number of halogens is 3. The van der Waals surface area contributed by atoms with E-state index in [9.17, 15) is 31.5 Å². The third-order valence-electron chi connectivity index (χ3n) is 8.38. The van der Waals surface area contributed by atoms with Gasteiger partial charge in [0.2, 0.25) is 15.9 Å². The molecular formula is C32H40F3N7O4S. The van der Waals surface area contributed by atoms with E-state index < -0.39 is 33.8 Å². The number of carbonyl (C=O) groups excluding carboxylic acids is 1. The van der Waals surface area contributed by atoms with Gasteiger partial charge < -0.3 is 15.3 Å². The van der Waals surface area contributed by atoms with Crippen molar-refractivity contribution in [3.8, 4) is 11.3 Å². The molecule has 47 heavy (non-hydrogen) atoms. The molecule has 3 aromatic rings. The van der Waals surface area contributed by atoms with E-state index in [1.165, 1.54) is 22.5 Å². The minimum absolute atomic E-state index is 0.00419. The number of benzene rings is 1. The van der Waals surface area contributed by atoms with Crippen LogP contribution in [-0.2, 0) is 47.0 Å². The lowest BCUT2D eigenvalue weighted by Gasteiger charge is -2.36. The fraction of sp³-hybridized carbons (Fsp3) is 0.469. The molecule has 2 aliphatic heterocycles. The Hall–Kier alpha value is -3.79. The molecule has 0 bridgehead atoms. The second-order valence-electron chi connectivity index (χ2n) is 12.3. The number of alkyl halides is 3. The summed E-state index contributed by atoms with van der Waals surface area (Å²) in [6.45, 7) is 6.92. The smallest absolute Gasteiger partial charge is 0.390 e. The summed E-state index contributed by atoms with van der Waals surface area (Å²) in [6, 6.07) is 7.55. The average molecular weight is 676 g/mol. The number of nitrogens with zero attached hydrogens (tertiary/aromatic N) is 6. The Bertz CT molecular complexity index is 1720. The first-order chi connectivity index (χ1) is 22.2. The molecule has 254 valence electrons. The topological polar surface area (TPSA) is 124 Å². The number of anilines is 1. The van der Waals surface area contributed by atoms with Crippen molar-refractivity contribution in [3.05, 3.63) is 76.8 Å². The third kappa shape index (κ3) is 8.58. The maximum absolute atomic E-state index is 14.0. The van der Waals surface area contributed by atoms with Crippen LogP contribution < -0.4 is 10.2 Å². The van der Waals surface area contributed by atoms with Crippen LogP contribution in [0.5, 0.6) is 0 Å². The minimum atomic E-state index is -4.66. The van der Waals surface area contributed by atoms with Gasteiger partial charge in [0.1, 0.15) is 0 Å². The summed E-state index contributed by atoms with van der Waals surface area (Å²) in [4.78, 5) is 20.7. The zero-order chi connectivity index (χ0) is 33.9. The summed E-state index contributed by atoms with van der Waals surface area (Å²) in [5.74, 6) is -0.512. The first-order valence-corrected chi connectivity index (χ1v) is 17.3. The molecule has 1 saturated heterocycles. The molecule has 1 fully saturated rings. The predicted octanol–water partition coefficient (Wildman–Crippen LogP) is 3.05. The second-order valence-corrected chi connectivity index (χ2v) is 14.2. The van der Waals surface area contributed by atoms with Gasteiger partial charge in [-0.05, 0) is 43.7 Å². The van der Waals surface area contributed by atoms with Crippen molar-refractivity contribution in [3.63, 3.8) is 0 Å². The maximum atomic E-state index is 14.0. The van der Waals surface area contributed by atoms with E-state index in [2.05, 4.69) is 20.1 Å². The Balaban J connectivity index is 1.39. The van der Waals surface area contributed by atoms with Gasteiger partial charge in [-0.25, -0.2) is 8.42 Å². The number of fused-ring (bicyclic) bond motifs is 1. The maximum Gasteiger partial charge on any atom is 0.416 e. The molecule has 1 unspecified atom stereocenters. The predicted molar refractivity (Wildman–Crippen MR) is 172 cm³/mol. The molecule has 2 aromatic heterocycles. The van der Waals surface area contributed by atoms with Gasteiger partial charge in [0.25, 0.3) is 0 Å². The lowest BCUT2D eigenvalue weighted by atomic mass is 9.97. The normalized spacial score (nSPS) is 16.9. The Morgan fingerprint density at radius 2 is 1.77 bits per heavy atom. The minimum Gasteiger partial charge on any atom is -0.390 e. The van der Waals surface area contributed by atoms with Gasteiger partial charge in [-0.2, -0.15) is 22.6 Å². The SMILES string of the molecule is CC(C)=CC(=O)NCc1cc(-c2nn(CC(O)CN3CCN(c4ccncc4)CC3)c3c2CN(S(C)(=O)=O)CC3)ccc1C(F)(F)F. The largest absolute Gasteiger partial charge is 0.416 e. The number of β-amino-alcohol motifs (C(OH)–C–C–N with tert-alkyl or cyclic N) is 1. The number of allylic oxidation sites excluding steroid dienone is 1. The van der Waals surface area contributed by atoms with Crippen molar-refractivity contribution in [1.29, 1.82) is 0 Å². The van der Waals surface area contributed by atoms with Crippen LogP contribution in [0, 0.1) is 0 Å². The Morgan fingerprint density at radius 3 is 2.40 bits per heavy atom. The summed E-state index contributed by atoms with van der Waals surface area (Å²) in [6.07, 6.45) is 0.825. The van der Waals surface area contributed by atoms with Gasteiger partial charge in [0.15, 0.2) is 0 Å². The molecule has 0 spiro atoms. The van der Waals surface area contributed by atoms with Gasteiger partial charge in [-0.15, -0.1) is 0 Å². The van der Waals surface area contributed by atoms with Crippen molar-refractivity contribution >= 4 is 21.6 Å². The van der Waals surface area contributed by atoms with Crippen LogP contribution in [0.4, 0.5) is 18.9 Å². The molecule has 1 atom stereocenters. The molecule has 5 rings (SSSR count). The number of hydrogen-bond acceptors (Lipinski definition) is 8. The monoisotopic (exact) mass is 675 g/mol. The lowest BCUT2D eigenvalue weighted by Crippen LogP contribution is -2.49. The molecular weight excluding hydrogens is 635 g/mol. The van der Waals surface area contributed by atoms with E-state index in [1.54, 1.807) is 30.9 Å². The number of rotatable bonds is 10. The zero-order valence-corrected chi connectivity index (χ0v) is 27.5. The summed E-state index contributed by atoms with van der Waals surface area (Å²) >= 11 is 0. The number of aromatic nitrogens is 3. The highest BCUT2D eigenvalue weighted by molar-refractivity contribution is 7.88. The van der Waals surface area contributed by atoms with Gasteiger partial charge >= 0.3 is 6.18 Å². The fourth-order valence-electron chi connectivity index (χ4n) is 6.09. The Morgan fingerprint density at radius 1 is 1.06 bits per heavy atom. The average Bonchev–Trinajstić information content (AvgIpc) is 3.37. The highest BCUT2D eigenvalue weighted by Gasteiger charge is 2.35. The van der Waals surface area contributed by atoms with Gasteiger partial charge in [-0.3, -0.25) is 19.4 Å². The molecule has 4 heterocycles. The standard InChI is InChI=1S/C32H40F3N7O4S/c1-22(2)16-30(44)37-18-24-17-23(4-5-28(24)32(33,34)35)31-27-21-41(47(3,45)46)11-8-29(27)42(38-31)20-26(43)19-39-12-14-40(15-13-39)25-6-9-36-10-7-25/h4-7,9-10,16-17,26,43H,8,11-15,18-21H2,1-3H3,(H,37,44). The molecule has 1 amide bonds. The summed E-state index contributed by atoms with van der Waals surface area (Å²) in [5.41, 5.74) is 2.79. The highest BCUT2D eigenvalue weighted by Crippen LogP contribution is 2.37. The molecule has 1 aromatic carbocycles. The molecule has 0 aliphatic carbocycles. The van der Waals surface area contributed by atoms with E-state index in [4.69, 9.17) is 5.10 Å². The van der Waals surface area contributed by atoms with Crippen LogP contribution in [-0.4, -0.2) is 95.0 Å². The summed E-state index contributed by atoms with van der Waals surface area (Å²) in [7, 11) is -3.56. The molecule has 2 aliphatic rings. The van der Waals surface area contributed by atoms with Crippen LogP contribution in [0.1, 0.15) is 36.2 Å². The quantitative estimate of drug-likeness (QED) is 0.315. The van der Waals surface area contributed by atoms with Crippen molar-refractivity contribution < 1.29 is 31.5 Å². The number of nitrogens with one attached hydrogen (secondary N) is 1. The number of aliphatic hydroxyl groups is 1. The highest BCUT2D eigenvalue weighted by atomic mass is 32.2. The fourth-order valence-corrected chi connectivity index (χ4v) is 6.88. The molecule has 2 N–H and O–H groups in total. The second kappa shape index (κ2) is 14.1. The van der Waals surface area contributed by atoms with Gasteiger partial charge in [0.05, 0.1) is 30.2 Å². The van der Waals surface area contributed by atoms with Crippen molar-refractivity contribution in [2.75, 3.05) is 50.4 Å². The number of carbonyl (C=O) groups is 1. The van der Waals surface area contributed by atoms with Crippen LogP contribution in [0.15, 0.2) is 54.4 Å². The zero-order valence-electron chi connectivity index (χ0n) is 26.7. The lowest BCUT2D eigenvalue weighted by molar-refractivity contribution is -0.138. The van der Waals surface area contributed by atoms with E-state index >= 15 is 0 Å². The molecule has 15 heteroatoms. The van der Waals surface area contributed by atoms with E-state index in [0.717, 1.165) is 49.9 Å². The van der Waals surface area contributed by atoms with Crippen molar-refractivity contribution in [1.82, 2.24) is 29.3 Å². The Kier molecular flexibility index (Phi) is 10.4.